The number of benzene rings is 1. The Labute approximate surface area is 124 Å². The summed E-state index contributed by atoms with van der Waals surface area (Å²) in [4.78, 5) is 28.1. The number of ether oxygens (including phenoxy) is 1. The van der Waals surface area contributed by atoms with Crippen molar-refractivity contribution in [2.45, 2.75) is 25.0 Å². The number of carbonyl (C=O) groups is 2. The highest BCUT2D eigenvalue weighted by Crippen LogP contribution is 2.30. The maximum atomic E-state index is 12.7. The van der Waals surface area contributed by atoms with Gasteiger partial charge in [0, 0.05) is 20.1 Å². The molecule has 21 heavy (non-hydrogen) atoms. The van der Waals surface area contributed by atoms with E-state index in [1.54, 1.807) is 11.9 Å². The smallest absolute Gasteiger partial charge is 0.254 e. The van der Waals surface area contributed by atoms with Crippen molar-refractivity contribution in [3.63, 3.8) is 0 Å². The van der Waals surface area contributed by atoms with Crippen LogP contribution in [0.3, 0.4) is 0 Å². The highest BCUT2D eigenvalue weighted by molar-refractivity contribution is 5.86. The number of amides is 2. The summed E-state index contributed by atoms with van der Waals surface area (Å²) >= 11 is 0. The molecule has 0 unspecified atom stereocenters. The number of carbonyl (C=O) groups excluding carboxylic acids is 2. The second-order valence-electron chi connectivity index (χ2n) is 5.62. The van der Waals surface area contributed by atoms with Crippen LogP contribution in [-0.2, 0) is 14.3 Å². The van der Waals surface area contributed by atoms with E-state index in [1.807, 2.05) is 35.2 Å². The predicted octanol–water partition coefficient (Wildman–Crippen LogP) is 1.21. The van der Waals surface area contributed by atoms with Crippen LogP contribution in [0.4, 0.5) is 0 Å². The molecular weight excluding hydrogens is 268 g/mol. The maximum absolute atomic E-state index is 12.7. The van der Waals surface area contributed by atoms with Crippen molar-refractivity contribution in [1.82, 2.24) is 9.80 Å². The third-order valence-electron chi connectivity index (χ3n) is 4.29. The molecule has 0 aromatic heterocycles. The molecule has 1 aromatic rings. The van der Waals surface area contributed by atoms with Crippen LogP contribution >= 0.6 is 0 Å². The van der Waals surface area contributed by atoms with Crippen molar-refractivity contribution in [3.8, 4) is 0 Å². The van der Waals surface area contributed by atoms with Gasteiger partial charge >= 0.3 is 0 Å². The highest BCUT2D eigenvalue weighted by atomic mass is 16.5. The molecule has 1 aromatic carbocycles. The van der Waals surface area contributed by atoms with Gasteiger partial charge in [0.05, 0.1) is 6.04 Å². The van der Waals surface area contributed by atoms with Gasteiger partial charge in [-0.15, -0.1) is 0 Å². The van der Waals surface area contributed by atoms with Gasteiger partial charge in [0.2, 0.25) is 5.91 Å². The normalized spacial score (nSPS) is 26.2. The Morgan fingerprint density at radius 3 is 2.52 bits per heavy atom. The van der Waals surface area contributed by atoms with E-state index in [0.717, 1.165) is 31.5 Å². The van der Waals surface area contributed by atoms with Crippen LogP contribution in [0, 0.1) is 0 Å². The monoisotopic (exact) mass is 288 g/mol. The molecular formula is C16H20N2O3. The average Bonchev–Trinajstić information content (AvgIpc) is 3.04. The number of likely N-dealkylation sites (N-methyl/N-ethyl adjacent to an activating group) is 1. The lowest BCUT2D eigenvalue weighted by molar-refractivity contribution is -0.166. The summed E-state index contributed by atoms with van der Waals surface area (Å²) in [6, 6.07) is 9.28. The minimum atomic E-state index is -0.604. The molecule has 2 saturated heterocycles. The zero-order chi connectivity index (χ0) is 14.8. The molecule has 2 aliphatic heterocycles. The number of nitrogens with zero attached hydrogens (tertiary/aromatic N) is 2. The second kappa shape index (κ2) is 5.85. The molecule has 112 valence electrons. The predicted molar refractivity (Wildman–Crippen MR) is 77.5 cm³/mol. The Morgan fingerprint density at radius 2 is 1.86 bits per heavy atom. The van der Waals surface area contributed by atoms with Crippen molar-refractivity contribution in [2.24, 2.45) is 0 Å². The van der Waals surface area contributed by atoms with E-state index in [9.17, 15) is 9.59 Å². The number of hydrogen-bond donors (Lipinski definition) is 0. The van der Waals surface area contributed by atoms with Crippen molar-refractivity contribution < 1.29 is 14.3 Å². The summed E-state index contributed by atoms with van der Waals surface area (Å²) in [5, 5.41) is 0. The summed E-state index contributed by atoms with van der Waals surface area (Å²) < 4.78 is 5.62. The minimum absolute atomic E-state index is 0.000651. The van der Waals surface area contributed by atoms with Crippen LogP contribution in [0.25, 0.3) is 0 Å². The maximum Gasteiger partial charge on any atom is 0.254 e. The van der Waals surface area contributed by atoms with E-state index in [4.69, 9.17) is 4.74 Å². The van der Waals surface area contributed by atoms with Gasteiger partial charge in [-0.1, -0.05) is 30.3 Å². The molecule has 5 nitrogen and oxygen atoms in total. The Balaban J connectivity index is 1.89. The molecule has 5 heteroatoms. The van der Waals surface area contributed by atoms with Crippen molar-refractivity contribution in [3.05, 3.63) is 35.9 Å². The molecule has 2 heterocycles. The summed E-state index contributed by atoms with van der Waals surface area (Å²) in [6.45, 7) is 1.56. The van der Waals surface area contributed by atoms with E-state index in [0.29, 0.717) is 0 Å². The molecule has 0 radical (unpaired) electrons. The first-order valence-corrected chi connectivity index (χ1v) is 7.39. The fraction of sp³-hybridized carbons (Fsp3) is 0.500. The molecule has 0 N–H and O–H groups in total. The first kappa shape index (κ1) is 14.1. The van der Waals surface area contributed by atoms with Gasteiger partial charge in [0.25, 0.3) is 5.91 Å². The standard InChI is InChI=1S/C16H20N2O3/c1-17-13(19)11-21-15(16(20)18-9-5-6-10-18)14(17)12-7-3-2-4-8-12/h2-4,7-8,14-15H,5-6,9-11H2,1H3/t14-,15-/m0/s1. The van der Waals surface area contributed by atoms with Gasteiger partial charge in [-0.05, 0) is 18.4 Å². The molecule has 2 atom stereocenters. The fourth-order valence-corrected chi connectivity index (χ4v) is 3.08. The van der Waals surface area contributed by atoms with Crippen LogP contribution in [0.15, 0.2) is 30.3 Å². The van der Waals surface area contributed by atoms with Gasteiger partial charge in [0.1, 0.15) is 6.61 Å². The third kappa shape index (κ3) is 2.65. The van der Waals surface area contributed by atoms with E-state index < -0.39 is 6.10 Å². The lowest BCUT2D eigenvalue weighted by atomic mass is 9.97. The van der Waals surface area contributed by atoms with Crippen molar-refractivity contribution in [1.29, 1.82) is 0 Å². The first-order chi connectivity index (χ1) is 10.2. The van der Waals surface area contributed by atoms with Crippen LogP contribution in [0.1, 0.15) is 24.4 Å². The van der Waals surface area contributed by atoms with Gasteiger partial charge < -0.3 is 14.5 Å². The van der Waals surface area contributed by atoms with E-state index in [-0.39, 0.29) is 24.5 Å². The Bertz CT molecular complexity index is 526. The van der Waals surface area contributed by atoms with Crippen molar-refractivity contribution in [2.75, 3.05) is 26.7 Å². The van der Waals surface area contributed by atoms with Gasteiger partial charge in [-0.2, -0.15) is 0 Å². The SMILES string of the molecule is CN1C(=O)CO[C@H](C(=O)N2CCCC2)[C@@H]1c1ccccc1. The largest absolute Gasteiger partial charge is 0.356 e. The first-order valence-electron chi connectivity index (χ1n) is 7.39. The number of hydrogen-bond acceptors (Lipinski definition) is 3. The summed E-state index contributed by atoms with van der Waals surface area (Å²) in [7, 11) is 1.74. The average molecular weight is 288 g/mol. The third-order valence-corrected chi connectivity index (χ3v) is 4.29. The lowest BCUT2D eigenvalue weighted by Crippen LogP contribution is -2.53. The molecule has 0 bridgehead atoms. The zero-order valence-corrected chi connectivity index (χ0v) is 12.2. The quantitative estimate of drug-likeness (QED) is 0.822. The molecule has 2 fully saturated rings. The van der Waals surface area contributed by atoms with E-state index >= 15 is 0 Å². The topological polar surface area (TPSA) is 49.9 Å². The van der Waals surface area contributed by atoms with Crippen LogP contribution in [-0.4, -0.2) is 54.5 Å². The van der Waals surface area contributed by atoms with Gasteiger partial charge in [-0.3, -0.25) is 9.59 Å². The lowest BCUT2D eigenvalue weighted by Gasteiger charge is -2.39. The van der Waals surface area contributed by atoms with Crippen molar-refractivity contribution >= 4 is 11.8 Å². The van der Waals surface area contributed by atoms with Crippen LogP contribution in [0.5, 0.6) is 0 Å². The Hall–Kier alpha value is -1.88. The summed E-state index contributed by atoms with van der Waals surface area (Å²) in [5.41, 5.74) is 0.936. The Morgan fingerprint density at radius 1 is 1.19 bits per heavy atom. The van der Waals surface area contributed by atoms with E-state index in [1.165, 1.54) is 0 Å². The molecule has 3 rings (SSSR count). The minimum Gasteiger partial charge on any atom is -0.356 e. The summed E-state index contributed by atoms with van der Waals surface area (Å²) in [6.07, 6.45) is 1.49. The number of rotatable bonds is 2. The van der Waals surface area contributed by atoms with Gasteiger partial charge in [-0.25, -0.2) is 0 Å². The molecule has 2 amide bonds. The molecule has 0 spiro atoms. The highest BCUT2D eigenvalue weighted by Gasteiger charge is 2.42. The molecule has 2 aliphatic rings. The van der Waals surface area contributed by atoms with Crippen LogP contribution in [0.2, 0.25) is 0 Å². The van der Waals surface area contributed by atoms with E-state index in [2.05, 4.69) is 0 Å². The number of morpholine rings is 1. The molecule has 0 saturated carbocycles. The second-order valence-corrected chi connectivity index (χ2v) is 5.62. The number of likely N-dealkylation sites (tertiary alicyclic amines) is 1. The fourth-order valence-electron chi connectivity index (χ4n) is 3.08. The zero-order valence-electron chi connectivity index (χ0n) is 12.2. The van der Waals surface area contributed by atoms with Gasteiger partial charge in [0.15, 0.2) is 6.10 Å². The Kier molecular flexibility index (Phi) is 3.92. The summed E-state index contributed by atoms with van der Waals surface area (Å²) in [5.74, 6) is -0.0879. The molecule has 0 aliphatic carbocycles. The van der Waals surface area contributed by atoms with Crippen LogP contribution < -0.4 is 0 Å².